The summed E-state index contributed by atoms with van der Waals surface area (Å²) in [4.78, 5) is 0. The molecule has 96 valence electrons. The number of benzene rings is 1. The zero-order valence-electron chi connectivity index (χ0n) is 13.2. The zero-order chi connectivity index (χ0) is 13.7. The number of rotatable bonds is 0. The van der Waals surface area contributed by atoms with Gasteiger partial charge in [-0.05, 0) is 49.9 Å². The van der Waals surface area contributed by atoms with Crippen LogP contribution >= 0.6 is 0 Å². The smallest absolute Gasteiger partial charge is 0.0392 e. The second-order valence-electron chi connectivity index (χ2n) is 2.95. The van der Waals surface area contributed by atoms with Crippen LogP contribution < -0.4 is 0 Å². The lowest BCUT2D eigenvalue weighted by atomic mass is 10.0. The first-order chi connectivity index (χ1) is 7.63. The molecule has 0 fully saturated rings. The topological polar surface area (TPSA) is 0 Å². The van der Waals surface area contributed by atoms with Gasteiger partial charge in [0.1, 0.15) is 0 Å². The van der Waals surface area contributed by atoms with Crippen molar-refractivity contribution < 1.29 is 0 Å². The van der Waals surface area contributed by atoms with Gasteiger partial charge in [-0.15, -0.1) is 0 Å². The van der Waals surface area contributed by atoms with Gasteiger partial charge in [-0.3, -0.25) is 0 Å². The second-order valence-corrected chi connectivity index (χ2v) is 2.95. The van der Waals surface area contributed by atoms with Crippen LogP contribution in [0.4, 0.5) is 0 Å². The molecule has 0 unspecified atom stereocenters. The molecule has 0 atom stereocenters. The van der Waals surface area contributed by atoms with Crippen LogP contribution in [0.25, 0.3) is 0 Å². The van der Waals surface area contributed by atoms with Crippen molar-refractivity contribution >= 4 is 0 Å². The summed E-state index contributed by atoms with van der Waals surface area (Å²) in [5.74, 6) is 0. The van der Waals surface area contributed by atoms with Crippen molar-refractivity contribution in [1.82, 2.24) is 0 Å². The van der Waals surface area contributed by atoms with E-state index in [1.54, 1.807) is 0 Å². The Morgan fingerprint density at radius 1 is 0.500 bits per heavy atom. The maximum atomic E-state index is 2.18. The molecule has 0 radical (unpaired) electrons. The van der Waals surface area contributed by atoms with Crippen LogP contribution in [0.3, 0.4) is 0 Å². The molecule has 1 rings (SSSR count). The average molecular weight is 224 g/mol. The highest BCUT2D eigenvalue weighted by molar-refractivity contribution is 5.37. The fourth-order valence-corrected chi connectivity index (χ4v) is 1.09. The summed E-state index contributed by atoms with van der Waals surface area (Å²) >= 11 is 0. The van der Waals surface area contributed by atoms with Gasteiger partial charge in [0.25, 0.3) is 0 Å². The molecule has 0 bridgehead atoms. The summed E-state index contributed by atoms with van der Waals surface area (Å²) in [6.45, 7) is 20.7. The SMILES string of the molecule is CC.CC.CC.Cc1ccc(C)c(C)c1C. The van der Waals surface area contributed by atoms with Gasteiger partial charge >= 0.3 is 0 Å². The molecule has 16 heavy (non-hydrogen) atoms. The highest BCUT2D eigenvalue weighted by Gasteiger charge is 1.97. The van der Waals surface area contributed by atoms with Crippen LogP contribution in [0.15, 0.2) is 12.1 Å². The minimum Gasteiger partial charge on any atom is -0.0683 e. The third kappa shape index (κ3) is 7.50. The second kappa shape index (κ2) is 14.2. The Labute approximate surface area is 104 Å². The van der Waals surface area contributed by atoms with Crippen molar-refractivity contribution in [2.24, 2.45) is 0 Å². The van der Waals surface area contributed by atoms with E-state index in [0.717, 1.165) is 0 Å². The van der Waals surface area contributed by atoms with Crippen LogP contribution in [0.2, 0.25) is 0 Å². The molecule has 1 aromatic carbocycles. The first kappa shape index (κ1) is 20.6. The summed E-state index contributed by atoms with van der Waals surface area (Å²) < 4.78 is 0. The quantitative estimate of drug-likeness (QED) is 0.507. The van der Waals surface area contributed by atoms with Crippen LogP contribution in [-0.2, 0) is 0 Å². The number of hydrogen-bond acceptors (Lipinski definition) is 0. The normalized spacial score (nSPS) is 7.38. The lowest BCUT2D eigenvalue weighted by Gasteiger charge is -2.06. The van der Waals surface area contributed by atoms with E-state index in [2.05, 4.69) is 39.8 Å². The third-order valence-corrected chi connectivity index (χ3v) is 2.33. The van der Waals surface area contributed by atoms with Crippen LogP contribution in [0, 0.1) is 27.7 Å². The van der Waals surface area contributed by atoms with Crippen molar-refractivity contribution in [3.05, 3.63) is 34.4 Å². The predicted octanol–water partition coefficient (Wildman–Crippen LogP) is 6.00. The highest BCUT2D eigenvalue weighted by Crippen LogP contribution is 2.15. The monoisotopic (exact) mass is 224 g/mol. The van der Waals surface area contributed by atoms with E-state index in [0.29, 0.717) is 0 Å². The predicted molar refractivity (Wildman–Crippen MR) is 79.4 cm³/mol. The largest absolute Gasteiger partial charge is 0.0683 e. The maximum absolute atomic E-state index is 2.18. The Kier molecular flexibility index (Phi) is 18.3. The standard InChI is InChI=1S/C10H14.3C2H6/c1-7-5-6-8(2)10(4)9(7)3;3*1-2/h5-6H,1-4H3;3*1-2H3. The molecule has 0 spiro atoms. The van der Waals surface area contributed by atoms with E-state index >= 15 is 0 Å². The first-order valence-corrected chi connectivity index (χ1v) is 6.66. The molecule has 0 saturated heterocycles. The van der Waals surface area contributed by atoms with Crippen molar-refractivity contribution in [2.45, 2.75) is 69.2 Å². The molecule has 0 N–H and O–H groups in total. The van der Waals surface area contributed by atoms with Crippen molar-refractivity contribution in [2.75, 3.05) is 0 Å². The fourth-order valence-electron chi connectivity index (χ4n) is 1.09. The fraction of sp³-hybridized carbons (Fsp3) is 0.625. The average Bonchev–Trinajstić information content (AvgIpc) is 2.39. The molecule has 0 heteroatoms. The van der Waals surface area contributed by atoms with Gasteiger partial charge in [-0.2, -0.15) is 0 Å². The molecule has 0 aromatic heterocycles. The van der Waals surface area contributed by atoms with E-state index in [-0.39, 0.29) is 0 Å². The minimum absolute atomic E-state index is 1.39. The van der Waals surface area contributed by atoms with Crippen molar-refractivity contribution in [3.63, 3.8) is 0 Å². The molecule has 0 nitrogen and oxygen atoms in total. The lowest BCUT2D eigenvalue weighted by molar-refractivity contribution is 1.22. The molecular weight excluding hydrogens is 192 g/mol. The molecule has 1 aromatic rings. The Hall–Kier alpha value is -0.780. The van der Waals surface area contributed by atoms with Crippen molar-refractivity contribution in [3.8, 4) is 0 Å². The van der Waals surface area contributed by atoms with Gasteiger partial charge in [0.2, 0.25) is 0 Å². The molecular formula is C16H32. The van der Waals surface area contributed by atoms with Gasteiger partial charge in [0.15, 0.2) is 0 Å². The first-order valence-electron chi connectivity index (χ1n) is 6.66. The lowest BCUT2D eigenvalue weighted by Crippen LogP contribution is -1.88. The van der Waals surface area contributed by atoms with Gasteiger partial charge in [-0.1, -0.05) is 53.7 Å². The molecule has 0 saturated carbocycles. The van der Waals surface area contributed by atoms with E-state index in [1.807, 2.05) is 41.5 Å². The molecule has 0 amide bonds. The maximum Gasteiger partial charge on any atom is -0.0392 e. The van der Waals surface area contributed by atoms with Gasteiger partial charge in [0, 0.05) is 0 Å². The highest BCUT2D eigenvalue weighted by atomic mass is 14.0. The summed E-state index contributed by atoms with van der Waals surface area (Å²) in [5, 5.41) is 0. The Morgan fingerprint density at radius 3 is 0.875 bits per heavy atom. The summed E-state index contributed by atoms with van der Waals surface area (Å²) in [6, 6.07) is 4.36. The van der Waals surface area contributed by atoms with E-state index in [1.165, 1.54) is 22.3 Å². The third-order valence-electron chi connectivity index (χ3n) is 2.33. The van der Waals surface area contributed by atoms with E-state index in [9.17, 15) is 0 Å². The summed E-state index contributed by atoms with van der Waals surface area (Å²) in [6.07, 6.45) is 0. The molecule has 0 heterocycles. The Bertz CT molecular complexity index is 219. The Morgan fingerprint density at radius 2 is 0.688 bits per heavy atom. The van der Waals surface area contributed by atoms with E-state index < -0.39 is 0 Å². The number of aryl methyl sites for hydroxylation is 2. The van der Waals surface area contributed by atoms with E-state index in [4.69, 9.17) is 0 Å². The summed E-state index contributed by atoms with van der Waals surface area (Å²) in [7, 11) is 0. The van der Waals surface area contributed by atoms with Crippen LogP contribution in [-0.4, -0.2) is 0 Å². The van der Waals surface area contributed by atoms with Crippen LogP contribution in [0.1, 0.15) is 63.8 Å². The summed E-state index contributed by atoms with van der Waals surface area (Å²) in [5.41, 5.74) is 5.64. The van der Waals surface area contributed by atoms with Crippen molar-refractivity contribution in [1.29, 1.82) is 0 Å². The van der Waals surface area contributed by atoms with Gasteiger partial charge in [-0.25, -0.2) is 0 Å². The minimum atomic E-state index is 1.39. The van der Waals surface area contributed by atoms with Gasteiger partial charge < -0.3 is 0 Å². The van der Waals surface area contributed by atoms with Crippen LogP contribution in [0.5, 0.6) is 0 Å². The zero-order valence-corrected chi connectivity index (χ0v) is 13.2. The van der Waals surface area contributed by atoms with Gasteiger partial charge in [0.05, 0.1) is 0 Å². The molecule has 0 aliphatic carbocycles. The molecule has 0 aliphatic rings. The Balaban J connectivity index is -0.000000245. The number of hydrogen-bond donors (Lipinski definition) is 0. The molecule has 0 aliphatic heterocycles.